The van der Waals surface area contributed by atoms with Gasteiger partial charge < -0.3 is 19.4 Å². The molecule has 1 aromatic carbocycles. The highest BCUT2D eigenvalue weighted by Crippen LogP contribution is 2.21. The van der Waals surface area contributed by atoms with Gasteiger partial charge >= 0.3 is 6.09 Å². The van der Waals surface area contributed by atoms with Crippen LogP contribution < -0.4 is 5.32 Å². The summed E-state index contributed by atoms with van der Waals surface area (Å²) in [4.78, 5) is 29.7. The Morgan fingerprint density at radius 1 is 1.29 bits per heavy atom. The van der Waals surface area contributed by atoms with Crippen LogP contribution in [0.2, 0.25) is 0 Å². The summed E-state index contributed by atoms with van der Waals surface area (Å²) in [6, 6.07) is 6.01. The quantitative estimate of drug-likeness (QED) is 0.820. The molecule has 0 aliphatic carbocycles. The molecule has 3 rings (SSSR count). The maximum atomic E-state index is 13.0. The Labute approximate surface area is 162 Å². The molecule has 1 fully saturated rings. The number of rotatable bonds is 6. The lowest BCUT2D eigenvalue weighted by atomic mass is 10.1. The normalized spacial score (nSPS) is 14.7. The van der Waals surface area contributed by atoms with E-state index in [1.807, 2.05) is 0 Å². The van der Waals surface area contributed by atoms with E-state index in [0.717, 1.165) is 5.56 Å². The zero-order valence-corrected chi connectivity index (χ0v) is 15.8. The van der Waals surface area contributed by atoms with Gasteiger partial charge in [0.25, 0.3) is 0 Å². The van der Waals surface area contributed by atoms with Crippen molar-refractivity contribution in [2.24, 2.45) is 0 Å². The second kappa shape index (κ2) is 9.34. The Kier molecular flexibility index (Phi) is 6.62. The van der Waals surface area contributed by atoms with Crippen LogP contribution in [-0.2, 0) is 16.0 Å². The predicted octanol–water partition coefficient (Wildman–Crippen LogP) is 3.15. The first-order valence-corrected chi connectivity index (χ1v) is 9.47. The molecule has 1 N–H and O–H groups in total. The molecular weight excluding hydrogens is 365 g/mol. The summed E-state index contributed by atoms with van der Waals surface area (Å²) in [7, 11) is 0. The van der Waals surface area contributed by atoms with Crippen LogP contribution in [0.15, 0.2) is 34.9 Å². The Morgan fingerprint density at radius 2 is 2.00 bits per heavy atom. The number of aryl methyl sites for hydroxylation is 1. The highest BCUT2D eigenvalue weighted by molar-refractivity contribution is 5.76. The smallest absolute Gasteiger partial charge is 0.409 e. The highest BCUT2D eigenvalue weighted by Gasteiger charge is 2.24. The van der Waals surface area contributed by atoms with Gasteiger partial charge in [0.1, 0.15) is 5.82 Å². The summed E-state index contributed by atoms with van der Waals surface area (Å²) in [6.07, 6.45) is 3.34. The van der Waals surface area contributed by atoms with Gasteiger partial charge in [0, 0.05) is 37.5 Å². The number of carbonyl (C=O) groups is 2. The minimum absolute atomic E-state index is 0.0533. The SMILES string of the molecule is CCOC(=O)N1CCC(NC(=O)CCc2ncc(-c3ccc(F)cc3)o2)CC1. The summed E-state index contributed by atoms with van der Waals surface area (Å²) < 4.78 is 23.6. The number of hydrogen-bond acceptors (Lipinski definition) is 5. The van der Waals surface area contributed by atoms with E-state index < -0.39 is 0 Å². The minimum Gasteiger partial charge on any atom is -0.450 e. The highest BCUT2D eigenvalue weighted by atomic mass is 19.1. The molecule has 1 aromatic heterocycles. The number of piperidine rings is 1. The molecule has 28 heavy (non-hydrogen) atoms. The number of ether oxygens (including phenoxy) is 1. The number of carbonyl (C=O) groups excluding carboxylic acids is 2. The molecule has 8 heteroatoms. The lowest BCUT2D eigenvalue weighted by Gasteiger charge is -2.31. The van der Waals surface area contributed by atoms with Crippen molar-refractivity contribution in [3.05, 3.63) is 42.2 Å². The van der Waals surface area contributed by atoms with Gasteiger partial charge in [-0.2, -0.15) is 0 Å². The van der Waals surface area contributed by atoms with E-state index in [-0.39, 0.29) is 30.3 Å². The Bertz CT molecular complexity index is 798. The molecule has 2 aromatic rings. The van der Waals surface area contributed by atoms with Crippen LogP contribution in [0.25, 0.3) is 11.3 Å². The van der Waals surface area contributed by atoms with Crippen LogP contribution in [0.5, 0.6) is 0 Å². The summed E-state index contributed by atoms with van der Waals surface area (Å²) in [5, 5.41) is 3.00. The van der Waals surface area contributed by atoms with E-state index in [2.05, 4.69) is 10.3 Å². The molecule has 1 aliphatic heterocycles. The summed E-state index contributed by atoms with van der Waals surface area (Å²) >= 11 is 0. The van der Waals surface area contributed by atoms with Gasteiger partial charge in [-0.15, -0.1) is 0 Å². The van der Waals surface area contributed by atoms with Crippen LogP contribution in [0.4, 0.5) is 9.18 Å². The van der Waals surface area contributed by atoms with Crippen molar-refractivity contribution in [2.75, 3.05) is 19.7 Å². The molecule has 0 bridgehead atoms. The van der Waals surface area contributed by atoms with E-state index in [0.29, 0.717) is 50.6 Å². The number of benzene rings is 1. The molecule has 0 radical (unpaired) electrons. The summed E-state index contributed by atoms with van der Waals surface area (Å²) in [5.74, 6) is 0.623. The third-order valence-corrected chi connectivity index (χ3v) is 4.63. The zero-order valence-electron chi connectivity index (χ0n) is 15.8. The maximum Gasteiger partial charge on any atom is 0.409 e. The van der Waals surface area contributed by atoms with Crippen LogP contribution >= 0.6 is 0 Å². The number of likely N-dealkylation sites (tertiary alicyclic amines) is 1. The molecule has 1 saturated heterocycles. The van der Waals surface area contributed by atoms with Crippen molar-refractivity contribution in [3.63, 3.8) is 0 Å². The van der Waals surface area contributed by atoms with Crippen molar-refractivity contribution in [1.82, 2.24) is 15.2 Å². The number of hydrogen-bond donors (Lipinski definition) is 1. The largest absolute Gasteiger partial charge is 0.450 e. The van der Waals surface area contributed by atoms with Crippen molar-refractivity contribution < 1.29 is 23.1 Å². The van der Waals surface area contributed by atoms with Crippen molar-refractivity contribution in [1.29, 1.82) is 0 Å². The standard InChI is InChI=1S/C20H24FN3O4/c1-2-27-20(26)24-11-9-16(10-12-24)23-18(25)7-8-19-22-13-17(28-19)14-3-5-15(21)6-4-14/h3-6,13,16H,2,7-12H2,1H3,(H,23,25). The Hall–Kier alpha value is -2.90. The fourth-order valence-corrected chi connectivity index (χ4v) is 3.11. The van der Waals surface area contributed by atoms with Gasteiger partial charge in [0.2, 0.25) is 5.91 Å². The predicted molar refractivity (Wildman–Crippen MR) is 100.0 cm³/mol. The second-order valence-corrected chi connectivity index (χ2v) is 6.65. The molecule has 150 valence electrons. The molecular formula is C20H24FN3O4. The first-order chi connectivity index (χ1) is 13.5. The number of nitrogens with zero attached hydrogens (tertiary/aromatic N) is 2. The van der Waals surface area contributed by atoms with E-state index in [1.54, 1.807) is 30.2 Å². The lowest BCUT2D eigenvalue weighted by Crippen LogP contribution is -2.46. The van der Waals surface area contributed by atoms with Gasteiger partial charge in [-0.3, -0.25) is 4.79 Å². The average Bonchev–Trinajstić information content (AvgIpc) is 3.17. The first-order valence-electron chi connectivity index (χ1n) is 9.47. The van der Waals surface area contributed by atoms with E-state index in [9.17, 15) is 14.0 Å². The van der Waals surface area contributed by atoms with Gasteiger partial charge in [-0.05, 0) is 44.0 Å². The minimum atomic E-state index is -0.312. The van der Waals surface area contributed by atoms with Gasteiger partial charge in [0.05, 0.1) is 12.8 Å². The van der Waals surface area contributed by atoms with Gasteiger partial charge in [0.15, 0.2) is 11.7 Å². The summed E-state index contributed by atoms with van der Waals surface area (Å²) in [6.45, 7) is 3.29. The van der Waals surface area contributed by atoms with Crippen LogP contribution in [0.1, 0.15) is 32.1 Å². The maximum absolute atomic E-state index is 13.0. The van der Waals surface area contributed by atoms with Gasteiger partial charge in [-0.25, -0.2) is 14.2 Å². The van der Waals surface area contributed by atoms with Gasteiger partial charge in [-0.1, -0.05) is 0 Å². The molecule has 0 spiro atoms. The number of oxazole rings is 1. The lowest BCUT2D eigenvalue weighted by molar-refractivity contribution is -0.122. The fourth-order valence-electron chi connectivity index (χ4n) is 3.11. The van der Waals surface area contributed by atoms with Crippen molar-refractivity contribution in [3.8, 4) is 11.3 Å². The third kappa shape index (κ3) is 5.31. The molecule has 0 saturated carbocycles. The molecule has 2 heterocycles. The molecule has 1 aliphatic rings. The van der Waals surface area contributed by atoms with Crippen LogP contribution in [0, 0.1) is 5.82 Å². The van der Waals surface area contributed by atoms with E-state index >= 15 is 0 Å². The second-order valence-electron chi connectivity index (χ2n) is 6.65. The summed E-state index contributed by atoms with van der Waals surface area (Å²) in [5.41, 5.74) is 0.734. The molecule has 2 amide bonds. The third-order valence-electron chi connectivity index (χ3n) is 4.63. The molecule has 0 atom stereocenters. The molecule has 7 nitrogen and oxygen atoms in total. The average molecular weight is 389 g/mol. The topological polar surface area (TPSA) is 84.7 Å². The molecule has 0 unspecified atom stereocenters. The van der Waals surface area contributed by atoms with E-state index in [1.165, 1.54) is 12.1 Å². The Morgan fingerprint density at radius 3 is 2.68 bits per heavy atom. The number of aromatic nitrogens is 1. The Balaban J connectivity index is 1.42. The number of amides is 2. The monoisotopic (exact) mass is 389 g/mol. The van der Waals surface area contributed by atoms with Crippen molar-refractivity contribution in [2.45, 2.75) is 38.6 Å². The zero-order chi connectivity index (χ0) is 19.9. The van der Waals surface area contributed by atoms with Crippen LogP contribution in [0.3, 0.4) is 0 Å². The van der Waals surface area contributed by atoms with Crippen molar-refractivity contribution >= 4 is 12.0 Å². The van der Waals surface area contributed by atoms with E-state index in [4.69, 9.17) is 9.15 Å². The number of halogens is 1. The first kappa shape index (κ1) is 19.9. The number of nitrogens with one attached hydrogen (secondary N) is 1. The van der Waals surface area contributed by atoms with Crippen LogP contribution in [-0.4, -0.2) is 47.6 Å². The fraction of sp³-hybridized carbons (Fsp3) is 0.450.